The van der Waals surface area contributed by atoms with Crippen LogP contribution in [0.3, 0.4) is 0 Å². The van der Waals surface area contributed by atoms with E-state index < -0.39 is 16.6 Å². The zero-order valence-electron chi connectivity index (χ0n) is 24.2. The quantitative estimate of drug-likeness (QED) is 0.126. The number of anilines is 2. The number of benzene rings is 2. The number of carboxylic acid groups (broad SMARTS) is 1. The summed E-state index contributed by atoms with van der Waals surface area (Å²) in [5.41, 5.74) is 1.33. The van der Waals surface area contributed by atoms with Crippen molar-refractivity contribution in [2.24, 2.45) is 5.41 Å². The van der Waals surface area contributed by atoms with Crippen LogP contribution in [0.25, 0.3) is 0 Å². The highest BCUT2D eigenvalue weighted by molar-refractivity contribution is 8.24. The zero-order chi connectivity index (χ0) is 29.7. The molecule has 3 rings (SSSR count). The lowest BCUT2D eigenvalue weighted by molar-refractivity contribution is -0.131. The number of fused-ring (bicyclic) bond motifs is 1. The van der Waals surface area contributed by atoms with Crippen molar-refractivity contribution in [3.8, 4) is 5.75 Å². The maximum atomic E-state index is 12.8. The Hall–Kier alpha value is -2.66. The number of aliphatic carboxylic acids is 1. The van der Waals surface area contributed by atoms with Crippen LogP contribution in [-0.2, 0) is 4.79 Å². The van der Waals surface area contributed by atoms with Gasteiger partial charge in [0.25, 0.3) is 5.91 Å². The second-order valence-corrected chi connectivity index (χ2v) is 14.2. The second-order valence-electron chi connectivity index (χ2n) is 11.3. The first kappa shape index (κ1) is 31.9. The van der Waals surface area contributed by atoms with Crippen molar-refractivity contribution in [1.29, 1.82) is 0 Å². The predicted molar refractivity (Wildman–Crippen MR) is 165 cm³/mol. The molecule has 1 unspecified atom stereocenters. The third kappa shape index (κ3) is 7.75. The van der Waals surface area contributed by atoms with Crippen LogP contribution in [0.15, 0.2) is 58.5 Å². The van der Waals surface area contributed by atoms with Gasteiger partial charge in [-0.3, -0.25) is 13.9 Å². The molecule has 1 amide bonds. The fourth-order valence-corrected chi connectivity index (χ4v) is 7.71. The van der Waals surface area contributed by atoms with Crippen LogP contribution in [0.2, 0.25) is 0 Å². The van der Waals surface area contributed by atoms with Gasteiger partial charge in [0.2, 0.25) is 0 Å². The van der Waals surface area contributed by atoms with E-state index in [2.05, 4.69) is 24.1 Å². The highest BCUT2D eigenvalue weighted by Gasteiger charge is 2.42. The number of nitrogens with zero attached hydrogens (tertiary/aromatic N) is 1. The summed E-state index contributed by atoms with van der Waals surface area (Å²) in [6.07, 6.45) is 7.42. The summed E-state index contributed by atoms with van der Waals surface area (Å²) in [5.74, 6) is -0.722. The molecule has 10 heteroatoms. The van der Waals surface area contributed by atoms with E-state index in [1.54, 1.807) is 18.2 Å². The lowest BCUT2D eigenvalue weighted by atomic mass is 9.81. The standard InChI is InChI=1S/C30H42N2O6S2/c1-7-9-15-30(8-2)19-32(22-12-10-21(11-13-22)28(35)31-29(3,4)5)23-17-25(39-6)24(38-16-14-27(33)34)18-26(23)40(36,37)20-30/h10-14,16-18,36-37H,7-9,15,19-20H2,1-6H3,(H,31,35)(H,33,34). The topological polar surface area (TPSA) is 119 Å². The van der Waals surface area contributed by atoms with Gasteiger partial charge in [-0.05, 0) is 70.2 Å². The molecule has 1 atom stereocenters. The molecule has 0 spiro atoms. The molecule has 0 bridgehead atoms. The van der Waals surface area contributed by atoms with Crippen molar-refractivity contribution < 1.29 is 28.5 Å². The van der Waals surface area contributed by atoms with E-state index in [0.717, 1.165) is 48.6 Å². The van der Waals surface area contributed by atoms with Crippen LogP contribution >= 0.6 is 22.4 Å². The molecule has 1 heterocycles. The molecule has 0 fully saturated rings. The Morgan fingerprint density at radius 1 is 1.18 bits per heavy atom. The third-order valence-electron chi connectivity index (χ3n) is 7.04. The number of amides is 1. The Labute approximate surface area is 243 Å². The summed E-state index contributed by atoms with van der Waals surface area (Å²) >= 11 is 1.42. The normalized spacial score (nSPS) is 19.6. The number of hydrogen-bond acceptors (Lipinski definition) is 7. The number of nitrogens with one attached hydrogen (secondary N) is 1. The molecule has 220 valence electrons. The fourth-order valence-electron chi connectivity index (χ4n) is 4.92. The highest BCUT2D eigenvalue weighted by atomic mass is 32.3. The number of thioether (sulfide) groups is 1. The third-order valence-corrected chi connectivity index (χ3v) is 9.84. The molecule has 1 aliphatic heterocycles. The van der Waals surface area contributed by atoms with E-state index in [1.807, 2.05) is 45.2 Å². The summed E-state index contributed by atoms with van der Waals surface area (Å²) in [4.78, 5) is 26.9. The van der Waals surface area contributed by atoms with Gasteiger partial charge in [0.1, 0.15) is 5.75 Å². The smallest absolute Gasteiger partial charge is 0.331 e. The molecule has 4 N–H and O–H groups in total. The van der Waals surface area contributed by atoms with Crippen LogP contribution in [0.4, 0.5) is 11.4 Å². The minimum atomic E-state index is -3.24. The molecular formula is C30H42N2O6S2. The number of carboxylic acids is 1. The molecule has 8 nitrogen and oxygen atoms in total. The highest BCUT2D eigenvalue weighted by Crippen LogP contribution is 2.62. The van der Waals surface area contributed by atoms with E-state index in [-0.39, 0.29) is 22.6 Å². The van der Waals surface area contributed by atoms with Crippen LogP contribution in [0, 0.1) is 5.41 Å². The Morgan fingerprint density at radius 2 is 1.85 bits per heavy atom. The summed E-state index contributed by atoms with van der Waals surface area (Å²) < 4.78 is 28.9. The van der Waals surface area contributed by atoms with Crippen molar-refractivity contribution in [3.63, 3.8) is 0 Å². The van der Waals surface area contributed by atoms with Gasteiger partial charge in [-0.15, -0.1) is 11.8 Å². The summed E-state index contributed by atoms with van der Waals surface area (Å²) in [7, 11) is -3.24. The number of hydrogen-bond donors (Lipinski definition) is 4. The van der Waals surface area contributed by atoms with Crippen LogP contribution in [0.1, 0.15) is 70.7 Å². The van der Waals surface area contributed by atoms with Crippen LogP contribution in [0.5, 0.6) is 5.75 Å². The Morgan fingerprint density at radius 3 is 2.40 bits per heavy atom. The van der Waals surface area contributed by atoms with Gasteiger partial charge in [-0.2, -0.15) is 10.6 Å². The maximum absolute atomic E-state index is 12.8. The summed E-state index contributed by atoms with van der Waals surface area (Å²) in [5, 5.41) is 12.0. The van der Waals surface area contributed by atoms with Crippen LogP contribution in [-0.4, -0.2) is 50.2 Å². The summed E-state index contributed by atoms with van der Waals surface area (Å²) in [6.45, 7) is 10.6. The van der Waals surface area contributed by atoms with E-state index in [1.165, 1.54) is 11.8 Å². The first-order chi connectivity index (χ1) is 18.7. The average molecular weight is 591 g/mol. The molecule has 2 aromatic carbocycles. The zero-order valence-corrected chi connectivity index (χ0v) is 25.8. The van der Waals surface area contributed by atoms with E-state index in [9.17, 15) is 18.7 Å². The van der Waals surface area contributed by atoms with Gasteiger partial charge in [0, 0.05) is 40.6 Å². The van der Waals surface area contributed by atoms with Crippen molar-refractivity contribution in [2.75, 3.05) is 23.5 Å². The van der Waals surface area contributed by atoms with Crippen molar-refractivity contribution in [2.45, 2.75) is 75.6 Å². The van der Waals surface area contributed by atoms with Gasteiger partial charge < -0.3 is 20.1 Å². The Balaban J connectivity index is 2.17. The fraction of sp³-hybridized carbons (Fsp3) is 0.467. The molecule has 0 aliphatic carbocycles. The SMILES string of the molecule is CCCCC1(CC)CN(c2ccc(C(=O)NC(C)(C)C)cc2)c2cc(SC)c(OC=CC(=O)O)cc2S(O)(O)C1. The Bertz CT molecular complexity index is 1240. The van der Waals surface area contributed by atoms with Gasteiger partial charge in [0.05, 0.1) is 27.8 Å². The summed E-state index contributed by atoms with van der Waals surface area (Å²) in [6, 6.07) is 10.9. The number of unbranched alkanes of at least 4 members (excludes halogenated alkanes) is 1. The first-order valence-electron chi connectivity index (χ1n) is 13.5. The second kappa shape index (κ2) is 12.9. The molecule has 0 radical (unpaired) electrons. The largest absolute Gasteiger partial charge is 0.478 e. The number of ether oxygens (including phenoxy) is 1. The first-order valence-corrected chi connectivity index (χ1v) is 16.4. The Kier molecular flexibility index (Phi) is 10.3. The molecule has 1 aliphatic rings. The van der Waals surface area contributed by atoms with Crippen molar-refractivity contribution in [3.05, 3.63) is 54.3 Å². The molecule has 0 saturated carbocycles. The van der Waals surface area contributed by atoms with Crippen molar-refractivity contribution in [1.82, 2.24) is 5.32 Å². The molecule has 0 aromatic heterocycles. The average Bonchev–Trinajstić information content (AvgIpc) is 2.98. The lowest BCUT2D eigenvalue weighted by Crippen LogP contribution is -2.40. The van der Waals surface area contributed by atoms with E-state index in [0.29, 0.717) is 28.4 Å². The number of carbonyl (C=O) groups is 2. The van der Waals surface area contributed by atoms with Gasteiger partial charge >= 0.3 is 5.97 Å². The lowest BCUT2D eigenvalue weighted by Gasteiger charge is -2.41. The van der Waals surface area contributed by atoms with Crippen molar-refractivity contribution >= 4 is 45.6 Å². The monoisotopic (exact) mass is 590 g/mol. The predicted octanol–water partition coefficient (Wildman–Crippen LogP) is 7.76. The number of carbonyl (C=O) groups excluding carboxylic acids is 1. The minimum absolute atomic E-state index is 0.156. The molecule has 2 aromatic rings. The van der Waals surface area contributed by atoms with Gasteiger partial charge in [-0.1, -0.05) is 26.7 Å². The minimum Gasteiger partial charge on any atom is -0.478 e. The maximum Gasteiger partial charge on any atom is 0.331 e. The molecule has 40 heavy (non-hydrogen) atoms. The number of rotatable bonds is 10. The molecular weight excluding hydrogens is 548 g/mol. The van der Waals surface area contributed by atoms with E-state index in [4.69, 9.17) is 9.84 Å². The van der Waals surface area contributed by atoms with Gasteiger partial charge in [0.15, 0.2) is 0 Å². The van der Waals surface area contributed by atoms with E-state index >= 15 is 0 Å². The van der Waals surface area contributed by atoms with Crippen LogP contribution < -0.4 is 15.0 Å². The van der Waals surface area contributed by atoms with Gasteiger partial charge in [-0.25, -0.2) is 4.79 Å². The molecule has 0 saturated heterocycles.